The van der Waals surface area contributed by atoms with Gasteiger partial charge in [0.1, 0.15) is 31.5 Å². The third-order valence-corrected chi connectivity index (χ3v) is 8.32. The molecule has 5 aromatic rings. The number of carbonyl (C=O) groups is 3. The van der Waals surface area contributed by atoms with E-state index < -0.39 is 18.0 Å². The Hall–Kier alpha value is -5.90. The van der Waals surface area contributed by atoms with Crippen LogP contribution in [0.2, 0.25) is 0 Å². The van der Waals surface area contributed by atoms with Crippen molar-refractivity contribution in [3.05, 3.63) is 150 Å². The van der Waals surface area contributed by atoms with Crippen molar-refractivity contribution in [3.63, 3.8) is 0 Å². The molecule has 0 spiro atoms. The number of hydrogen-bond acceptors (Lipinski definition) is 6. The van der Waals surface area contributed by atoms with Crippen molar-refractivity contribution in [3.8, 4) is 5.75 Å². The van der Waals surface area contributed by atoms with Crippen LogP contribution in [0.4, 0.5) is 10.5 Å². The van der Waals surface area contributed by atoms with Crippen LogP contribution in [-0.2, 0) is 40.5 Å². The summed E-state index contributed by atoms with van der Waals surface area (Å²) >= 11 is 0. The van der Waals surface area contributed by atoms with Crippen LogP contribution in [0.3, 0.4) is 0 Å². The molecule has 1 unspecified atom stereocenters. The van der Waals surface area contributed by atoms with Gasteiger partial charge in [0.2, 0.25) is 11.8 Å². The maximum absolute atomic E-state index is 14.5. The Kier molecular flexibility index (Phi) is 13.8. The number of benzene rings is 4. The van der Waals surface area contributed by atoms with Crippen LogP contribution in [-0.4, -0.2) is 51.9 Å². The molecule has 0 aliphatic carbocycles. The van der Waals surface area contributed by atoms with Gasteiger partial charge in [-0.15, -0.1) is 0 Å². The standard InChI is InChI=1S/C41H45N5O5/c1-2-3-13-24-46(36-18-11-6-12-19-36)39(47)28-45(27-32-20-22-37(23-21-32)50-29-33-14-7-4-8-15-33)40(48)38(25-35-26-42-31-43-35)44-41(49)51-30-34-16-9-5-10-17-34/h4-12,14-23,26,31,38H,2-3,13,24-25,27-30H2,1H3,(H,42,43)(H,44,49). The maximum Gasteiger partial charge on any atom is 0.408 e. The monoisotopic (exact) mass is 687 g/mol. The Morgan fingerprint density at radius 3 is 2.06 bits per heavy atom. The zero-order valence-electron chi connectivity index (χ0n) is 28.9. The number of nitrogens with zero attached hydrogens (tertiary/aromatic N) is 3. The number of anilines is 1. The number of para-hydroxylation sites is 1. The average molecular weight is 688 g/mol. The second-order valence-corrected chi connectivity index (χ2v) is 12.2. The van der Waals surface area contributed by atoms with E-state index in [4.69, 9.17) is 9.47 Å². The zero-order valence-corrected chi connectivity index (χ0v) is 28.9. The lowest BCUT2D eigenvalue weighted by atomic mass is 10.1. The highest BCUT2D eigenvalue weighted by atomic mass is 16.5. The molecule has 0 fully saturated rings. The Balaban J connectivity index is 1.37. The van der Waals surface area contributed by atoms with Crippen molar-refractivity contribution in [1.29, 1.82) is 0 Å². The first-order chi connectivity index (χ1) is 25.0. The summed E-state index contributed by atoms with van der Waals surface area (Å²) in [5.74, 6) is 0.0312. The Morgan fingerprint density at radius 2 is 1.43 bits per heavy atom. The molecule has 1 atom stereocenters. The predicted molar refractivity (Wildman–Crippen MR) is 197 cm³/mol. The van der Waals surface area contributed by atoms with Gasteiger partial charge in [-0.25, -0.2) is 9.78 Å². The van der Waals surface area contributed by atoms with E-state index in [2.05, 4.69) is 22.2 Å². The average Bonchev–Trinajstić information content (AvgIpc) is 3.69. The number of alkyl carbamates (subject to hydrolysis) is 1. The second kappa shape index (κ2) is 19.3. The first-order valence-electron chi connectivity index (χ1n) is 17.3. The number of unbranched alkanes of at least 4 members (excludes halogenated alkanes) is 2. The number of hydrogen-bond donors (Lipinski definition) is 2. The van der Waals surface area contributed by atoms with Crippen LogP contribution < -0.4 is 15.0 Å². The summed E-state index contributed by atoms with van der Waals surface area (Å²) in [5.41, 5.74) is 4.08. The highest BCUT2D eigenvalue weighted by Gasteiger charge is 2.30. The molecular formula is C41H45N5O5. The van der Waals surface area contributed by atoms with E-state index in [9.17, 15) is 14.4 Å². The van der Waals surface area contributed by atoms with Gasteiger partial charge in [0.15, 0.2) is 0 Å². The molecule has 0 aliphatic heterocycles. The molecule has 0 saturated carbocycles. The highest BCUT2D eigenvalue weighted by Crippen LogP contribution is 2.19. The zero-order chi connectivity index (χ0) is 35.7. The van der Waals surface area contributed by atoms with Gasteiger partial charge in [0.25, 0.3) is 0 Å². The van der Waals surface area contributed by atoms with Gasteiger partial charge in [-0.05, 0) is 47.4 Å². The van der Waals surface area contributed by atoms with Gasteiger partial charge in [-0.1, -0.05) is 111 Å². The molecule has 1 aromatic heterocycles. The van der Waals surface area contributed by atoms with E-state index in [0.717, 1.165) is 41.6 Å². The van der Waals surface area contributed by atoms with Crippen molar-refractivity contribution in [2.45, 2.75) is 58.4 Å². The predicted octanol–water partition coefficient (Wildman–Crippen LogP) is 7.08. The SMILES string of the molecule is CCCCCN(C(=O)CN(Cc1ccc(OCc2ccccc2)cc1)C(=O)C(Cc1cnc[nH]1)NC(=O)OCc1ccccc1)c1ccccc1. The first-order valence-corrected chi connectivity index (χ1v) is 17.3. The molecule has 264 valence electrons. The van der Waals surface area contributed by atoms with Gasteiger partial charge in [-0.3, -0.25) is 9.59 Å². The molecule has 3 amide bonds. The van der Waals surface area contributed by atoms with Crippen molar-refractivity contribution in [2.24, 2.45) is 0 Å². The second-order valence-electron chi connectivity index (χ2n) is 12.2. The van der Waals surface area contributed by atoms with Gasteiger partial charge in [-0.2, -0.15) is 0 Å². The molecule has 0 bridgehead atoms. The minimum atomic E-state index is -1.04. The third-order valence-electron chi connectivity index (χ3n) is 8.32. The van der Waals surface area contributed by atoms with Gasteiger partial charge in [0, 0.05) is 37.1 Å². The van der Waals surface area contributed by atoms with E-state index in [1.165, 1.54) is 11.2 Å². The molecular weight excluding hydrogens is 642 g/mol. The lowest BCUT2D eigenvalue weighted by molar-refractivity contribution is -0.137. The summed E-state index contributed by atoms with van der Waals surface area (Å²) in [6, 6.07) is 35.1. The molecule has 1 heterocycles. The van der Waals surface area contributed by atoms with Gasteiger partial charge >= 0.3 is 6.09 Å². The van der Waals surface area contributed by atoms with Crippen molar-refractivity contribution in [1.82, 2.24) is 20.2 Å². The van der Waals surface area contributed by atoms with Gasteiger partial charge < -0.3 is 29.6 Å². The number of H-pyrrole nitrogens is 1. The normalized spacial score (nSPS) is 11.3. The molecule has 2 N–H and O–H groups in total. The number of aromatic nitrogens is 2. The number of amides is 3. The summed E-state index contributed by atoms with van der Waals surface area (Å²) in [4.78, 5) is 52.0. The van der Waals surface area contributed by atoms with Crippen LogP contribution in [0.15, 0.2) is 128 Å². The third kappa shape index (κ3) is 11.6. The van der Waals surface area contributed by atoms with E-state index in [1.807, 2.05) is 115 Å². The lowest BCUT2D eigenvalue weighted by Gasteiger charge is -2.30. The number of carbonyl (C=O) groups excluding carboxylic acids is 3. The van der Waals surface area contributed by atoms with Crippen LogP contribution in [0, 0.1) is 0 Å². The Morgan fingerprint density at radius 1 is 0.784 bits per heavy atom. The number of nitrogens with one attached hydrogen (secondary N) is 2. The summed E-state index contributed by atoms with van der Waals surface area (Å²) in [6.45, 7) is 3.03. The molecule has 10 nitrogen and oxygen atoms in total. The number of aromatic amines is 1. The first kappa shape index (κ1) is 36.4. The largest absolute Gasteiger partial charge is 0.489 e. The lowest BCUT2D eigenvalue weighted by Crippen LogP contribution is -2.52. The van der Waals surface area contributed by atoms with E-state index in [1.54, 1.807) is 11.1 Å². The Labute approximate surface area is 299 Å². The van der Waals surface area contributed by atoms with E-state index >= 15 is 0 Å². The van der Waals surface area contributed by atoms with Crippen LogP contribution in [0.1, 0.15) is 48.6 Å². The fourth-order valence-corrected chi connectivity index (χ4v) is 5.58. The number of rotatable bonds is 18. The molecule has 10 heteroatoms. The Bertz CT molecular complexity index is 1770. The summed E-state index contributed by atoms with van der Waals surface area (Å²) in [6.07, 6.45) is 5.30. The fourth-order valence-electron chi connectivity index (χ4n) is 5.58. The summed E-state index contributed by atoms with van der Waals surface area (Å²) in [5, 5.41) is 2.76. The molecule has 51 heavy (non-hydrogen) atoms. The minimum absolute atomic E-state index is 0.0440. The smallest absolute Gasteiger partial charge is 0.408 e. The molecule has 0 radical (unpaired) electrons. The highest BCUT2D eigenvalue weighted by molar-refractivity contribution is 5.97. The van der Waals surface area contributed by atoms with Crippen molar-refractivity contribution in [2.75, 3.05) is 18.0 Å². The summed E-state index contributed by atoms with van der Waals surface area (Å²) in [7, 11) is 0. The van der Waals surface area contributed by atoms with Crippen molar-refractivity contribution >= 4 is 23.6 Å². The number of imidazole rings is 1. The van der Waals surface area contributed by atoms with Crippen LogP contribution in [0.5, 0.6) is 5.75 Å². The van der Waals surface area contributed by atoms with Crippen LogP contribution in [0.25, 0.3) is 0 Å². The topological polar surface area (TPSA) is 117 Å². The van der Waals surface area contributed by atoms with E-state index in [-0.39, 0.29) is 32.0 Å². The minimum Gasteiger partial charge on any atom is -0.489 e. The molecule has 0 saturated heterocycles. The van der Waals surface area contributed by atoms with E-state index in [0.29, 0.717) is 24.6 Å². The molecule has 5 rings (SSSR count). The quantitative estimate of drug-likeness (QED) is 0.0952. The fraction of sp³-hybridized carbons (Fsp3) is 0.268. The van der Waals surface area contributed by atoms with Crippen LogP contribution >= 0.6 is 0 Å². The molecule has 0 aliphatic rings. The molecule has 4 aromatic carbocycles. The maximum atomic E-state index is 14.5. The van der Waals surface area contributed by atoms with Crippen molar-refractivity contribution < 1.29 is 23.9 Å². The number of ether oxygens (including phenoxy) is 2. The van der Waals surface area contributed by atoms with Gasteiger partial charge in [0.05, 0.1) is 6.33 Å². The summed E-state index contributed by atoms with van der Waals surface area (Å²) < 4.78 is 11.5.